The maximum Gasteiger partial charge on any atom is 0.258 e. The number of fused-ring (bicyclic) bond motifs is 1. The number of anilines is 1. The molecular formula is C25H23N3O2. The van der Waals surface area contributed by atoms with Gasteiger partial charge in [-0.25, -0.2) is 0 Å². The fourth-order valence-electron chi connectivity index (χ4n) is 3.48. The highest BCUT2D eigenvalue weighted by molar-refractivity contribution is 6.06. The SMILES string of the molecule is Cc1ccc2[nH]c(=O)c(CN(C(=O)c3ccncc3)c3ccc(C)c(C)c3)cc2c1. The number of H-pyrrole nitrogens is 1. The van der Waals surface area contributed by atoms with Crippen molar-refractivity contribution in [2.45, 2.75) is 27.3 Å². The Morgan fingerprint density at radius 3 is 2.43 bits per heavy atom. The van der Waals surface area contributed by atoms with Crippen LogP contribution in [-0.4, -0.2) is 15.9 Å². The van der Waals surface area contributed by atoms with E-state index in [4.69, 9.17) is 0 Å². The Morgan fingerprint density at radius 2 is 1.70 bits per heavy atom. The molecule has 0 saturated heterocycles. The fraction of sp³-hybridized carbons (Fsp3) is 0.160. The molecular weight excluding hydrogens is 374 g/mol. The number of aromatic nitrogens is 2. The molecule has 0 aliphatic heterocycles. The molecule has 4 aromatic rings. The van der Waals surface area contributed by atoms with Crippen LogP contribution in [0.3, 0.4) is 0 Å². The van der Waals surface area contributed by atoms with Gasteiger partial charge in [0.15, 0.2) is 0 Å². The monoisotopic (exact) mass is 397 g/mol. The van der Waals surface area contributed by atoms with Gasteiger partial charge in [0.1, 0.15) is 0 Å². The summed E-state index contributed by atoms with van der Waals surface area (Å²) in [5, 5.41) is 0.945. The Labute approximate surface area is 175 Å². The highest BCUT2D eigenvalue weighted by Gasteiger charge is 2.20. The first kappa shape index (κ1) is 19.6. The number of rotatable bonds is 4. The molecule has 5 heteroatoms. The van der Waals surface area contributed by atoms with Crippen LogP contribution in [0.4, 0.5) is 5.69 Å². The van der Waals surface area contributed by atoms with E-state index >= 15 is 0 Å². The number of carbonyl (C=O) groups excluding carboxylic acids is 1. The molecule has 0 atom stereocenters. The fourth-order valence-corrected chi connectivity index (χ4v) is 3.48. The molecule has 2 aromatic carbocycles. The number of benzene rings is 2. The summed E-state index contributed by atoms with van der Waals surface area (Å²) >= 11 is 0. The number of aromatic amines is 1. The molecule has 2 aromatic heterocycles. The molecule has 0 saturated carbocycles. The third kappa shape index (κ3) is 3.87. The van der Waals surface area contributed by atoms with Gasteiger partial charge in [0.2, 0.25) is 0 Å². The van der Waals surface area contributed by atoms with Crippen molar-refractivity contribution in [3.63, 3.8) is 0 Å². The third-order valence-electron chi connectivity index (χ3n) is 5.38. The van der Waals surface area contributed by atoms with E-state index in [0.29, 0.717) is 11.1 Å². The molecule has 30 heavy (non-hydrogen) atoms. The summed E-state index contributed by atoms with van der Waals surface area (Å²) in [6.45, 7) is 6.23. The molecule has 2 heterocycles. The van der Waals surface area contributed by atoms with E-state index in [9.17, 15) is 9.59 Å². The molecule has 0 unspecified atom stereocenters. The lowest BCUT2D eigenvalue weighted by Crippen LogP contribution is -2.33. The number of hydrogen-bond donors (Lipinski definition) is 1. The standard InChI is InChI=1S/C25H23N3O2/c1-16-4-7-23-20(12-16)14-21(24(29)27-23)15-28(22-6-5-17(2)18(3)13-22)25(30)19-8-10-26-11-9-19/h4-14H,15H2,1-3H3,(H,27,29). The minimum absolute atomic E-state index is 0.170. The van der Waals surface area contributed by atoms with Gasteiger partial charge in [-0.3, -0.25) is 14.6 Å². The highest BCUT2D eigenvalue weighted by Crippen LogP contribution is 2.23. The second kappa shape index (κ2) is 7.95. The number of aryl methyl sites for hydroxylation is 3. The number of amides is 1. The average molecular weight is 397 g/mol. The van der Waals surface area contributed by atoms with E-state index in [0.717, 1.165) is 33.3 Å². The van der Waals surface area contributed by atoms with Crippen LogP contribution in [0.25, 0.3) is 10.9 Å². The van der Waals surface area contributed by atoms with E-state index in [1.54, 1.807) is 29.4 Å². The van der Waals surface area contributed by atoms with E-state index in [-0.39, 0.29) is 18.0 Å². The Balaban J connectivity index is 1.81. The molecule has 0 radical (unpaired) electrons. The van der Waals surface area contributed by atoms with Gasteiger partial charge < -0.3 is 9.88 Å². The number of nitrogens with one attached hydrogen (secondary N) is 1. The molecule has 4 rings (SSSR count). The lowest BCUT2D eigenvalue weighted by molar-refractivity contribution is 0.0985. The third-order valence-corrected chi connectivity index (χ3v) is 5.38. The van der Waals surface area contributed by atoms with E-state index in [2.05, 4.69) is 9.97 Å². The molecule has 0 aliphatic rings. The Kier molecular flexibility index (Phi) is 5.19. The number of pyridine rings is 2. The van der Waals surface area contributed by atoms with Crippen LogP contribution in [-0.2, 0) is 6.54 Å². The van der Waals surface area contributed by atoms with E-state index in [1.165, 1.54) is 0 Å². The lowest BCUT2D eigenvalue weighted by atomic mass is 10.1. The molecule has 5 nitrogen and oxygen atoms in total. The van der Waals surface area contributed by atoms with Gasteiger partial charge in [-0.15, -0.1) is 0 Å². The van der Waals surface area contributed by atoms with Crippen LogP contribution >= 0.6 is 0 Å². The Bertz CT molecular complexity index is 1290. The van der Waals surface area contributed by atoms with Crippen LogP contribution in [0.5, 0.6) is 0 Å². The summed E-state index contributed by atoms with van der Waals surface area (Å²) < 4.78 is 0. The summed E-state index contributed by atoms with van der Waals surface area (Å²) in [4.78, 5) is 34.7. The van der Waals surface area contributed by atoms with Gasteiger partial charge in [-0.05, 0) is 79.7 Å². The number of nitrogens with zero attached hydrogens (tertiary/aromatic N) is 2. The van der Waals surface area contributed by atoms with Crippen LogP contribution in [0, 0.1) is 20.8 Å². The van der Waals surface area contributed by atoms with E-state index < -0.39 is 0 Å². The average Bonchev–Trinajstić information content (AvgIpc) is 2.74. The van der Waals surface area contributed by atoms with E-state index in [1.807, 2.05) is 63.2 Å². The second-order valence-electron chi connectivity index (χ2n) is 7.61. The number of carbonyl (C=O) groups is 1. The molecule has 0 spiro atoms. The summed E-state index contributed by atoms with van der Waals surface area (Å²) in [5.41, 5.74) is 5.75. The summed E-state index contributed by atoms with van der Waals surface area (Å²) in [6.07, 6.45) is 3.19. The lowest BCUT2D eigenvalue weighted by Gasteiger charge is -2.24. The summed E-state index contributed by atoms with van der Waals surface area (Å²) in [7, 11) is 0. The zero-order chi connectivity index (χ0) is 21.3. The van der Waals surface area contributed by atoms with Gasteiger partial charge in [-0.2, -0.15) is 0 Å². The maximum absolute atomic E-state index is 13.4. The van der Waals surface area contributed by atoms with Gasteiger partial charge in [0, 0.05) is 34.7 Å². The van der Waals surface area contributed by atoms with Crippen LogP contribution in [0.2, 0.25) is 0 Å². The van der Waals surface area contributed by atoms with Crippen molar-refractivity contribution in [1.82, 2.24) is 9.97 Å². The van der Waals surface area contributed by atoms with Crippen molar-refractivity contribution in [3.05, 3.63) is 105 Å². The summed E-state index contributed by atoms with van der Waals surface area (Å²) in [5.74, 6) is -0.176. The van der Waals surface area contributed by atoms with Crippen molar-refractivity contribution in [1.29, 1.82) is 0 Å². The van der Waals surface area contributed by atoms with Crippen molar-refractivity contribution in [2.24, 2.45) is 0 Å². The molecule has 0 fully saturated rings. The van der Waals surface area contributed by atoms with Crippen molar-refractivity contribution >= 4 is 22.5 Å². The molecule has 1 N–H and O–H groups in total. The Hall–Kier alpha value is -3.73. The van der Waals surface area contributed by atoms with Crippen LogP contribution in [0.1, 0.15) is 32.6 Å². The molecule has 0 bridgehead atoms. The predicted molar refractivity (Wildman–Crippen MR) is 120 cm³/mol. The molecule has 150 valence electrons. The minimum atomic E-state index is -0.192. The van der Waals surface area contributed by atoms with Gasteiger partial charge in [0.05, 0.1) is 6.54 Å². The van der Waals surface area contributed by atoms with Crippen LogP contribution in [0.15, 0.2) is 71.8 Å². The largest absolute Gasteiger partial charge is 0.322 e. The van der Waals surface area contributed by atoms with Gasteiger partial charge in [-0.1, -0.05) is 17.7 Å². The topological polar surface area (TPSA) is 66.1 Å². The van der Waals surface area contributed by atoms with Crippen molar-refractivity contribution in [2.75, 3.05) is 4.90 Å². The predicted octanol–water partition coefficient (Wildman–Crippen LogP) is 4.70. The first-order valence-electron chi connectivity index (χ1n) is 9.84. The van der Waals surface area contributed by atoms with Gasteiger partial charge in [0.25, 0.3) is 11.5 Å². The smallest absolute Gasteiger partial charge is 0.258 e. The number of hydrogen-bond acceptors (Lipinski definition) is 3. The van der Waals surface area contributed by atoms with Crippen LogP contribution < -0.4 is 10.5 Å². The minimum Gasteiger partial charge on any atom is -0.322 e. The second-order valence-corrected chi connectivity index (χ2v) is 7.61. The Morgan fingerprint density at radius 1 is 0.933 bits per heavy atom. The maximum atomic E-state index is 13.4. The molecule has 1 amide bonds. The normalized spacial score (nSPS) is 10.9. The first-order valence-corrected chi connectivity index (χ1v) is 9.84. The molecule has 0 aliphatic carbocycles. The first-order chi connectivity index (χ1) is 14.4. The highest BCUT2D eigenvalue weighted by atomic mass is 16.2. The zero-order valence-corrected chi connectivity index (χ0v) is 17.3. The zero-order valence-electron chi connectivity index (χ0n) is 17.3. The summed E-state index contributed by atoms with van der Waals surface area (Å²) in [6, 6.07) is 17.0. The van der Waals surface area contributed by atoms with Crippen molar-refractivity contribution < 1.29 is 4.79 Å². The van der Waals surface area contributed by atoms with Gasteiger partial charge >= 0.3 is 0 Å². The van der Waals surface area contributed by atoms with Crippen molar-refractivity contribution in [3.8, 4) is 0 Å². The quantitative estimate of drug-likeness (QED) is 0.543.